The average Bonchev–Trinajstić information content (AvgIpc) is 2.50. The van der Waals surface area contributed by atoms with Crippen LogP contribution >= 0.6 is 7.52 Å². The summed E-state index contributed by atoms with van der Waals surface area (Å²) in [6.07, 6.45) is 2.56. The lowest BCUT2D eigenvalue weighted by molar-refractivity contribution is -0.137. The van der Waals surface area contributed by atoms with Gasteiger partial charge in [-0.05, 0) is 50.5 Å². The molecule has 1 fully saturated rings. The second-order valence-corrected chi connectivity index (χ2v) is 7.72. The summed E-state index contributed by atoms with van der Waals surface area (Å²) in [5.74, 6) is -0.356. The second-order valence-electron chi connectivity index (χ2n) is 5.39. The van der Waals surface area contributed by atoms with Crippen molar-refractivity contribution < 1.29 is 23.7 Å². The van der Waals surface area contributed by atoms with Crippen LogP contribution in [0.4, 0.5) is 0 Å². The molecule has 22 heavy (non-hydrogen) atoms. The first-order valence-corrected chi connectivity index (χ1v) is 8.93. The standard InChI is InChI=1S/C15H22NO5P/c1-12-5-3-4-10-21-22(19,16(12)11-15(17)18)14-8-6-13(20-2)7-9-14/h6-9,12H,3-5,10-11H2,1-2H3,(H,17,18). The van der Waals surface area contributed by atoms with Gasteiger partial charge in [0.1, 0.15) is 12.3 Å². The molecule has 1 aliphatic heterocycles. The quantitative estimate of drug-likeness (QED) is 0.856. The molecule has 1 aromatic carbocycles. The molecule has 0 saturated carbocycles. The molecule has 122 valence electrons. The first-order valence-electron chi connectivity index (χ1n) is 7.35. The number of carboxylic acids is 1. The Morgan fingerprint density at radius 2 is 2.09 bits per heavy atom. The van der Waals surface area contributed by atoms with Crippen LogP contribution in [0, 0.1) is 0 Å². The number of benzene rings is 1. The lowest BCUT2D eigenvalue weighted by Crippen LogP contribution is -2.39. The molecular formula is C15H22NO5P. The summed E-state index contributed by atoms with van der Waals surface area (Å²) < 4.78 is 25.8. The zero-order chi connectivity index (χ0) is 16.2. The molecule has 2 unspecified atom stereocenters. The lowest BCUT2D eigenvalue weighted by atomic mass is 10.1. The highest BCUT2D eigenvalue weighted by molar-refractivity contribution is 7.64. The summed E-state index contributed by atoms with van der Waals surface area (Å²) in [4.78, 5) is 11.2. The molecule has 0 aromatic heterocycles. The molecule has 0 bridgehead atoms. The molecular weight excluding hydrogens is 305 g/mol. The highest BCUT2D eigenvalue weighted by Gasteiger charge is 2.39. The largest absolute Gasteiger partial charge is 0.497 e. The predicted molar refractivity (Wildman–Crippen MR) is 83.8 cm³/mol. The molecule has 6 nitrogen and oxygen atoms in total. The Labute approximate surface area is 130 Å². The number of carbonyl (C=O) groups is 1. The van der Waals surface area contributed by atoms with Crippen LogP contribution in [0.3, 0.4) is 0 Å². The molecule has 1 saturated heterocycles. The van der Waals surface area contributed by atoms with Crippen LogP contribution in [0.15, 0.2) is 24.3 Å². The monoisotopic (exact) mass is 327 g/mol. The SMILES string of the molecule is COc1ccc(P2(=O)OCCCCC(C)N2CC(=O)O)cc1. The summed E-state index contributed by atoms with van der Waals surface area (Å²) in [7, 11) is -1.83. The van der Waals surface area contributed by atoms with E-state index in [9.17, 15) is 9.36 Å². The minimum atomic E-state index is -3.39. The zero-order valence-corrected chi connectivity index (χ0v) is 13.8. The fourth-order valence-corrected chi connectivity index (χ4v) is 5.03. The maximum absolute atomic E-state index is 13.5. The molecule has 1 aromatic rings. The van der Waals surface area contributed by atoms with Gasteiger partial charge in [0.2, 0.25) is 0 Å². The third kappa shape index (κ3) is 3.69. The number of hydrogen-bond donors (Lipinski definition) is 1. The van der Waals surface area contributed by atoms with E-state index in [0.717, 1.165) is 19.3 Å². The molecule has 1 N–H and O–H groups in total. The van der Waals surface area contributed by atoms with Crippen LogP contribution in [0.25, 0.3) is 0 Å². The first-order chi connectivity index (χ1) is 10.5. The summed E-state index contributed by atoms with van der Waals surface area (Å²) in [5.41, 5.74) is 0. The number of ether oxygens (including phenoxy) is 1. The Balaban J connectivity index is 2.41. The van der Waals surface area contributed by atoms with Crippen LogP contribution in [0.2, 0.25) is 0 Å². The van der Waals surface area contributed by atoms with E-state index < -0.39 is 13.5 Å². The highest BCUT2D eigenvalue weighted by atomic mass is 31.2. The van der Waals surface area contributed by atoms with Crippen molar-refractivity contribution in [3.63, 3.8) is 0 Å². The molecule has 1 heterocycles. The number of methoxy groups -OCH3 is 1. The van der Waals surface area contributed by atoms with E-state index in [0.29, 0.717) is 17.7 Å². The number of rotatable bonds is 4. The van der Waals surface area contributed by atoms with E-state index in [1.165, 1.54) is 4.67 Å². The minimum Gasteiger partial charge on any atom is -0.497 e. The molecule has 0 radical (unpaired) electrons. The van der Waals surface area contributed by atoms with Gasteiger partial charge in [-0.3, -0.25) is 9.36 Å². The normalized spacial score (nSPS) is 26.9. The Bertz CT molecular complexity index is 560. The zero-order valence-electron chi connectivity index (χ0n) is 12.9. The molecule has 0 amide bonds. The van der Waals surface area contributed by atoms with Crippen molar-refractivity contribution in [2.24, 2.45) is 0 Å². The third-order valence-corrected chi connectivity index (χ3v) is 6.52. The topological polar surface area (TPSA) is 76.1 Å². The third-order valence-electron chi connectivity index (χ3n) is 3.83. The van der Waals surface area contributed by atoms with E-state index in [1.54, 1.807) is 31.4 Å². The van der Waals surface area contributed by atoms with Crippen LogP contribution in [0.5, 0.6) is 5.75 Å². The Morgan fingerprint density at radius 1 is 1.41 bits per heavy atom. The lowest BCUT2D eigenvalue weighted by Gasteiger charge is -2.36. The van der Waals surface area contributed by atoms with Crippen molar-refractivity contribution in [2.75, 3.05) is 20.3 Å². The summed E-state index contributed by atoms with van der Waals surface area (Å²) >= 11 is 0. The van der Waals surface area contributed by atoms with E-state index in [2.05, 4.69) is 0 Å². The van der Waals surface area contributed by atoms with Crippen molar-refractivity contribution in [3.8, 4) is 5.75 Å². The average molecular weight is 327 g/mol. The van der Waals surface area contributed by atoms with Crippen LogP contribution in [0.1, 0.15) is 26.2 Å². The van der Waals surface area contributed by atoms with Gasteiger partial charge in [-0.1, -0.05) is 0 Å². The van der Waals surface area contributed by atoms with E-state index in [-0.39, 0.29) is 12.6 Å². The summed E-state index contributed by atoms with van der Waals surface area (Å²) in [6, 6.07) is 6.66. The summed E-state index contributed by atoms with van der Waals surface area (Å²) in [6.45, 7) is 1.96. The van der Waals surface area contributed by atoms with Crippen molar-refractivity contribution in [2.45, 2.75) is 32.2 Å². The minimum absolute atomic E-state index is 0.121. The maximum Gasteiger partial charge on any atom is 0.318 e. The van der Waals surface area contributed by atoms with Gasteiger partial charge >= 0.3 is 13.5 Å². The van der Waals surface area contributed by atoms with Gasteiger partial charge in [0.15, 0.2) is 0 Å². The molecule has 2 rings (SSSR count). The van der Waals surface area contributed by atoms with Crippen molar-refractivity contribution >= 4 is 18.8 Å². The smallest absolute Gasteiger partial charge is 0.318 e. The van der Waals surface area contributed by atoms with Gasteiger partial charge in [0.05, 0.1) is 19.0 Å². The van der Waals surface area contributed by atoms with Crippen molar-refractivity contribution in [1.82, 2.24) is 4.67 Å². The maximum atomic E-state index is 13.5. The van der Waals surface area contributed by atoms with Crippen molar-refractivity contribution in [3.05, 3.63) is 24.3 Å². The predicted octanol–water partition coefficient (Wildman–Crippen LogP) is 2.49. The van der Waals surface area contributed by atoms with Gasteiger partial charge in [0, 0.05) is 6.04 Å². The van der Waals surface area contributed by atoms with Gasteiger partial charge in [-0.15, -0.1) is 0 Å². The molecule has 2 atom stereocenters. The number of hydrogen-bond acceptors (Lipinski definition) is 4. The number of carboxylic acid groups (broad SMARTS) is 1. The van der Waals surface area contributed by atoms with Crippen molar-refractivity contribution in [1.29, 1.82) is 0 Å². The molecule has 0 spiro atoms. The van der Waals surface area contributed by atoms with Crippen LogP contribution in [-0.2, 0) is 13.9 Å². The highest BCUT2D eigenvalue weighted by Crippen LogP contribution is 2.52. The van der Waals surface area contributed by atoms with E-state index in [4.69, 9.17) is 14.4 Å². The summed E-state index contributed by atoms with van der Waals surface area (Å²) in [5, 5.41) is 9.67. The Hall–Kier alpha value is -1.36. The van der Waals surface area contributed by atoms with E-state index in [1.807, 2.05) is 6.92 Å². The molecule has 1 aliphatic rings. The fourth-order valence-electron chi connectivity index (χ4n) is 2.59. The van der Waals surface area contributed by atoms with E-state index >= 15 is 0 Å². The van der Waals surface area contributed by atoms with Gasteiger partial charge in [0.25, 0.3) is 0 Å². The molecule has 0 aliphatic carbocycles. The fraction of sp³-hybridized carbons (Fsp3) is 0.533. The molecule has 7 heteroatoms. The number of aliphatic carboxylic acids is 1. The number of nitrogens with zero attached hydrogens (tertiary/aromatic N) is 1. The first kappa shape index (κ1) is 17.0. The van der Waals surface area contributed by atoms with Crippen LogP contribution < -0.4 is 10.0 Å². The Morgan fingerprint density at radius 3 is 2.68 bits per heavy atom. The van der Waals surface area contributed by atoms with Gasteiger partial charge in [-0.25, -0.2) is 4.67 Å². The van der Waals surface area contributed by atoms with Crippen LogP contribution in [-0.4, -0.2) is 42.0 Å². The Kier molecular flexibility index (Phi) is 5.62. The van der Waals surface area contributed by atoms with Gasteiger partial charge in [-0.2, -0.15) is 0 Å². The van der Waals surface area contributed by atoms with Gasteiger partial charge < -0.3 is 14.4 Å². The second kappa shape index (κ2) is 7.27.